The lowest BCUT2D eigenvalue weighted by Crippen LogP contribution is -2.20. The molecule has 7 heteroatoms. The first-order valence-corrected chi connectivity index (χ1v) is 8.11. The average Bonchev–Trinajstić information content (AvgIpc) is 3.01. The van der Waals surface area contributed by atoms with Crippen molar-refractivity contribution in [2.75, 3.05) is 18.5 Å². The van der Waals surface area contributed by atoms with E-state index in [-0.39, 0.29) is 28.6 Å². The summed E-state index contributed by atoms with van der Waals surface area (Å²) in [7, 11) is 0. The lowest BCUT2D eigenvalue weighted by molar-refractivity contribution is -0.139. The summed E-state index contributed by atoms with van der Waals surface area (Å²) >= 11 is 5.94. The number of carbonyl (C=O) groups excluding carboxylic acids is 3. The van der Waals surface area contributed by atoms with Crippen molar-refractivity contribution >= 4 is 34.8 Å². The summed E-state index contributed by atoms with van der Waals surface area (Å²) < 4.78 is 10.2. The van der Waals surface area contributed by atoms with E-state index in [4.69, 9.17) is 21.1 Å². The Bertz CT molecular complexity index is 892. The Morgan fingerprint density at radius 3 is 2.50 bits per heavy atom. The molecule has 2 aromatic carbocycles. The van der Waals surface area contributed by atoms with Gasteiger partial charge in [-0.1, -0.05) is 41.9 Å². The smallest absolute Gasteiger partial charge is 0.347 e. The zero-order chi connectivity index (χ0) is 18.5. The zero-order valence-electron chi connectivity index (χ0n) is 13.5. The molecular formula is C19H14ClNO5. The number of para-hydroxylation sites is 1. The van der Waals surface area contributed by atoms with E-state index in [1.807, 2.05) is 6.07 Å². The third-order valence-corrected chi connectivity index (χ3v) is 3.93. The molecule has 132 valence electrons. The first kappa shape index (κ1) is 17.7. The van der Waals surface area contributed by atoms with Gasteiger partial charge in [-0.15, -0.1) is 0 Å². The van der Waals surface area contributed by atoms with Crippen LogP contribution in [-0.4, -0.2) is 30.7 Å². The molecule has 0 fully saturated rings. The third-order valence-electron chi connectivity index (χ3n) is 3.60. The van der Waals surface area contributed by atoms with Crippen LogP contribution in [0.3, 0.4) is 0 Å². The first-order chi connectivity index (χ1) is 12.6. The molecule has 0 unspecified atom stereocenters. The van der Waals surface area contributed by atoms with Gasteiger partial charge in [-0.25, -0.2) is 4.79 Å². The van der Waals surface area contributed by atoms with Crippen LogP contribution in [-0.2, 0) is 19.1 Å². The highest BCUT2D eigenvalue weighted by Gasteiger charge is 2.33. The van der Waals surface area contributed by atoms with Crippen LogP contribution in [0.5, 0.6) is 0 Å². The third kappa shape index (κ3) is 3.92. The number of esters is 1. The van der Waals surface area contributed by atoms with Gasteiger partial charge in [-0.05, 0) is 24.3 Å². The number of carbonyl (C=O) groups is 3. The Morgan fingerprint density at radius 2 is 1.77 bits per heavy atom. The molecule has 0 amide bonds. The predicted octanol–water partition coefficient (Wildman–Crippen LogP) is 2.99. The molecule has 1 aliphatic heterocycles. The summed E-state index contributed by atoms with van der Waals surface area (Å²) in [5.74, 6) is -1.89. The fourth-order valence-corrected chi connectivity index (χ4v) is 2.58. The number of halogens is 1. The van der Waals surface area contributed by atoms with Crippen molar-refractivity contribution in [3.8, 4) is 0 Å². The minimum Gasteiger partial charge on any atom is -0.470 e. The summed E-state index contributed by atoms with van der Waals surface area (Å²) in [5.41, 5.74) is 0.642. The van der Waals surface area contributed by atoms with Gasteiger partial charge in [0.2, 0.25) is 17.4 Å². The quantitative estimate of drug-likeness (QED) is 0.477. The van der Waals surface area contributed by atoms with E-state index in [9.17, 15) is 14.4 Å². The molecule has 1 heterocycles. The van der Waals surface area contributed by atoms with E-state index in [1.54, 1.807) is 42.5 Å². The number of ether oxygens (including phenoxy) is 2. The van der Waals surface area contributed by atoms with Gasteiger partial charge in [-0.3, -0.25) is 9.59 Å². The molecule has 0 saturated carbocycles. The molecule has 3 rings (SSSR count). The van der Waals surface area contributed by atoms with Crippen molar-refractivity contribution in [2.45, 2.75) is 0 Å². The first-order valence-electron chi connectivity index (χ1n) is 7.73. The van der Waals surface area contributed by atoms with Crippen LogP contribution in [0.25, 0.3) is 0 Å². The van der Waals surface area contributed by atoms with E-state index < -0.39 is 24.1 Å². The van der Waals surface area contributed by atoms with Crippen LogP contribution in [0.15, 0.2) is 66.1 Å². The van der Waals surface area contributed by atoms with Gasteiger partial charge in [0.1, 0.15) is 0 Å². The van der Waals surface area contributed by atoms with Crippen LogP contribution in [0.1, 0.15) is 10.4 Å². The van der Waals surface area contributed by atoms with Crippen molar-refractivity contribution in [2.24, 2.45) is 0 Å². The van der Waals surface area contributed by atoms with Crippen LogP contribution in [0.4, 0.5) is 5.69 Å². The molecule has 0 aromatic heterocycles. The molecule has 1 aliphatic rings. The predicted molar refractivity (Wildman–Crippen MR) is 94.8 cm³/mol. The molecule has 0 saturated heterocycles. The van der Waals surface area contributed by atoms with E-state index in [1.165, 1.54) is 6.07 Å². The van der Waals surface area contributed by atoms with Crippen LogP contribution >= 0.6 is 11.6 Å². The van der Waals surface area contributed by atoms with Crippen molar-refractivity contribution in [1.82, 2.24) is 0 Å². The summed E-state index contributed by atoms with van der Waals surface area (Å²) in [6.45, 7) is -0.796. The molecule has 0 aliphatic carbocycles. The van der Waals surface area contributed by atoms with Crippen LogP contribution < -0.4 is 5.32 Å². The fraction of sp³-hybridized carbons (Fsp3) is 0.105. The number of benzene rings is 2. The van der Waals surface area contributed by atoms with Gasteiger partial charge in [0, 0.05) is 11.3 Å². The molecule has 26 heavy (non-hydrogen) atoms. The topological polar surface area (TPSA) is 81.7 Å². The number of anilines is 1. The molecule has 0 bridgehead atoms. The fourth-order valence-electron chi connectivity index (χ4n) is 2.33. The second kappa shape index (κ2) is 7.84. The lowest BCUT2D eigenvalue weighted by Gasteiger charge is -2.09. The van der Waals surface area contributed by atoms with E-state index in [0.717, 1.165) is 0 Å². The second-order valence-electron chi connectivity index (χ2n) is 5.39. The SMILES string of the molecule is O=C1COC(Nc2ccccc2)=C1C(=O)OCC(=O)c1ccccc1Cl. The van der Waals surface area contributed by atoms with E-state index in [0.29, 0.717) is 5.69 Å². The summed E-state index contributed by atoms with van der Waals surface area (Å²) in [6, 6.07) is 15.4. The normalized spacial score (nSPS) is 13.3. The number of rotatable bonds is 6. The largest absolute Gasteiger partial charge is 0.470 e. The van der Waals surface area contributed by atoms with Crippen molar-refractivity contribution in [1.29, 1.82) is 0 Å². The van der Waals surface area contributed by atoms with Crippen LogP contribution in [0, 0.1) is 0 Å². The minimum absolute atomic E-state index is 0.0105. The molecule has 1 N–H and O–H groups in total. The number of nitrogens with one attached hydrogen (secondary N) is 1. The highest BCUT2D eigenvalue weighted by atomic mass is 35.5. The summed E-state index contributed by atoms with van der Waals surface area (Å²) in [5, 5.41) is 3.12. The highest BCUT2D eigenvalue weighted by molar-refractivity contribution is 6.34. The highest BCUT2D eigenvalue weighted by Crippen LogP contribution is 2.21. The Morgan fingerprint density at radius 1 is 1.08 bits per heavy atom. The van der Waals surface area contributed by atoms with Crippen molar-refractivity contribution in [3.05, 3.63) is 76.6 Å². The monoisotopic (exact) mass is 371 g/mol. The Kier molecular flexibility index (Phi) is 5.34. The maximum atomic E-state index is 12.3. The van der Waals surface area contributed by atoms with E-state index in [2.05, 4.69) is 5.32 Å². The van der Waals surface area contributed by atoms with Gasteiger partial charge >= 0.3 is 5.97 Å². The molecule has 6 nitrogen and oxygen atoms in total. The van der Waals surface area contributed by atoms with Gasteiger partial charge in [0.05, 0.1) is 5.02 Å². The zero-order valence-corrected chi connectivity index (χ0v) is 14.3. The van der Waals surface area contributed by atoms with Gasteiger partial charge in [0.15, 0.2) is 18.8 Å². The van der Waals surface area contributed by atoms with Crippen molar-refractivity contribution in [3.63, 3.8) is 0 Å². The molecule has 0 spiro atoms. The Labute approximate surface area is 154 Å². The molecule has 2 aromatic rings. The minimum atomic E-state index is -0.925. The maximum absolute atomic E-state index is 12.3. The summed E-state index contributed by atoms with van der Waals surface area (Å²) in [4.78, 5) is 36.4. The van der Waals surface area contributed by atoms with Gasteiger partial charge in [-0.2, -0.15) is 0 Å². The number of ketones is 2. The Balaban J connectivity index is 1.71. The second-order valence-corrected chi connectivity index (χ2v) is 5.79. The number of Topliss-reactive ketones (excluding diaryl/α,β-unsaturated/α-hetero) is 2. The summed E-state index contributed by atoms with van der Waals surface area (Å²) in [6.07, 6.45) is 0. The van der Waals surface area contributed by atoms with E-state index >= 15 is 0 Å². The van der Waals surface area contributed by atoms with Crippen molar-refractivity contribution < 1.29 is 23.9 Å². The number of hydrogen-bond donors (Lipinski definition) is 1. The lowest BCUT2D eigenvalue weighted by atomic mass is 10.1. The molecule has 0 atom stereocenters. The van der Waals surface area contributed by atoms with Gasteiger partial charge in [0.25, 0.3) is 0 Å². The van der Waals surface area contributed by atoms with Crippen LogP contribution in [0.2, 0.25) is 5.02 Å². The standard InChI is InChI=1S/C19H14ClNO5/c20-14-9-5-4-8-13(14)15(22)10-26-19(24)17-16(23)11-25-18(17)21-12-6-2-1-3-7-12/h1-9,21H,10-11H2. The molecular weight excluding hydrogens is 358 g/mol. The maximum Gasteiger partial charge on any atom is 0.347 e. The Hall–Kier alpha value is -3.12. The molecule has 0 radical (unpaired) electrons. The van der Waals surface area contributed by atoms with Gasteiger partial charge < -0.3 is 14.8 Å². The number of hydrogen-bond acceptors (Lipinski definition) is 6. The average molecular weight is 372 g/mol.